The van der Waals surface area contributed by atoms with Crippen molar-refractivity contribution in [3.05, 3.63) is 36.2 Å². The van der Waals surface area contributed by atoms with Crippen LogP contribution in [0.4, 0.5) is 14.5 Å². The number of carbonyl (C=O) groups is 1. The normalized spacial score (nSPS) is 12.2. The molecular formula is C16H20F2N4OS. The SMILES string of the molecule is CCCCCn1cnnc1S[C@@H](C)C(=O)Nc1ccc(F)c(F)c1. The molecular weight excluding hydrogens is 334 g/mol. The highest BCUT2D eigenvalue weighted by atomic mass is 32.2. The van der Waals surface area contributed by atoms with Crippen LogP contribution in [0, 0.1) is 11.6 Å². The average molecular weight is 354 g/mol. The number of hydrogen-bond donors (Lipinski definition) is 1. The van der Waals surface area contributed by atoms with Crippen LogP contribution in [0.1, 0.15) is 33.1 Å². The molecule has 2 rings (SSSR count). The van der Waals surface area contributed by atoms with Gasteiger partial charge in [-0.2, -0.15) is 0 Å². The number of nitrogens with one attached hydrogen (secondary N) is 1. The summed E-state index contributed by atoms with van der Waals surface area (Å²) in [5, 5.41) is 10.7. The van der Waals surface area contributed by atoms with Crippen molar-refractivity contribution in [2.24, 2.45) is 0 Å². The minimum atomic E-state index is -0.997. The largest absolute Gasteiger partial charge is 0.325 e. The average Bonchev–Trinajstić information content (AvgIpc) is 2.98. The molecule has 0 spiro atoms. The lowest BCUT2D eigenvalue weighted by Crippen LogP contribution is -2.23. The van der Waals surface area contributed by atoms with E-state index < -0.39 is 16.9 Å². The lowest BCUT2D eigenvalue weighted by molar-refractivity contribution is -0.115. The fraction of sp³-hybridized carbons (Fsp3) is 0.438. The highest BCUT2D eigenvalue weighted by Crippen LogP contribution is 2.23. The Bertz CT molecular complexity index is 692. The Kier molecular flexibility index (Phi) is 6.72. The number of aromatic nitrogens is 3. The third kappa shape index (κ3) is 5.02. The van der Waals surface area contributed by atoms with Crippen molar-refractivity contribution >= 4 is 23.4 Å². The Hall–Kier alpha value is -1.96. The van der Waals surface area contributed by atoms with Gasteiger partial charge in [0.05, 0.1) is 5.25 Å². The third-order valence-electron chi connectivity index (χ3n) is 3.42. The Morgan fingerprint density at radius 1 is 1.33 bits per heavy atom. The van der Waals surface area contributed by atoms with Crippen molar-refractivity contribution in [3.8, 4) is 0 Å². The molecule has 5 nitrogen and oxygen atoms in total. The van der Waals surface area contributed by atoms with Crippen molar-refractivity contribution in [1.29, 1.82) is 0 Å². The molecule has 0 aliphatic rings. The van der Waals surface area contributed by atoms with Gasteiger partial charge in [0.25, 0.3) is 0 Å². The molecule has 1 heterocycles. The summed E-state index contributed by atoms with van der Waals surface area (Å²) in [5.74, 6) is -2.26. The van der Waals surface area contributed by atoms with Crippen LogP contribution < -0.4 is 5.32 Å². The summed E-state index contributed by atoms with van der Waals surface area (Å²) in [6.45, 7) is 4.66. The van der Waals surface area contributed by atoms with E-state index in [4.69, 9.17) is 0 Å². The zero-order chi connectivity index (χ0) is 17.5. The molecule has 1 N–H and O–H groups in total. The molecule has 130 valence electrons. The zero-order valence-electron chi connectivity index (χ0n) is 13.6. The van der Waals surface area contributed by atoms with Gasteiger partial charge in [0.2, 0.25) is 5.91 Å². The maximum absolute atomic E-state index is 13.2. The van der Waals surface area contributed by atoms with E-state index in [0.717, 1.165) is 37.9 Å². The molecule has 0 fully saturated rings. The van der Waals surface area contributed by atoms with Crippen LogP contribution in [0.25, 0.3) is 0 Å². The van der Waals surface area contributed by atoms with Gasteiger partial charge in [0.1, 0.15) is 6.33 Å². The first-order valence-electron chi connectivity index (χ1n) is 7.81. The molecule has 0 bridgehead atoms. The summed E-state index contributed by atoms with van der Waals surface area (Å²) in [6.07, 6.45) is 4.92. The highest BCUT2D eigenvalue weighted by Gasteiger charge is 2.18. The maximum Gasteiger partial charge on any atom is 0.237 e. The van der Waals surface area contributed by atoms with Crippen molar-refractivity contribution in [2.75, 3.05) is 5.32 Å². The molecule has 2 aromatic rings. The second kappa shape index (κ2) is 8.77. The Labute approximate surface area is 143 Å². The fourth-order valence-corrected chi connectivity index (χ4v) is 2.90. The van der Waals surface area contributed by atoms with Gasteiger partial charge in [-0.15, -0.1) is 10.2 Å². The number of carbonyl (C=O) groups excluding carboxylic acids is 1. The number of halogens is 2. The molecule has 0 aliphatic heterocycles. The van der Waals surface area contributed by atoms with Crippen LogP contribution >= 0.6 is 11.8 Å². The molecule has 0 saturated heterocycles. The number of thioether (sulfide) groups is 1. The second-order valence-electron chi connectivity index (χ2n) is 5.39. The first-order valence-corrected chi connectivity index (χ1v) is 8.69. The standard InChI is InChI=1S/C16H20F2N4OS/c1-3-4-5-8-22-10-19-21-16(22)24-11(2)15(23)20-12-6-7-13(17)14(18)9-12/h6-7,9-11H,3-5,8H2,1-2H3,(H,20,23)/t11-/m0/s1. The number of unbranched alkanes of at least 4 members (excludes halogenated alkanes) is 2. The van der Waals surface area contributed by atoms with Crippen molar-refractivity contribution in [1.82, 2.24) is 14.8 Å². The molecule has 8 heteroatoms. The molecule has 1 aromatic heterocycles. The van der Waals surface area contributed by atoms with Crippen LogP contribution in [-0.4, -0.2) is 25.9 Å². The summed E-state index contributed by atoms with van der Waals surface area (Å²) in [7, 11) is 0. The van der Waals surface area contributed by atoms with Gasteiger partial charge < -0.3 is 9.88 Å². The maximum atomic E-state index is 13.2. The second-order valence-corrected chi connectivity index (χ2v) is 6.70. The number of aryl methyl sites for hydroxylation is 1. The van der Waals surface area contributed by atoms with E-state index in [9.17, 15) is 13.6 Å². The van der Waals surface area contributed by atoms with Crippen LogP contribution in [0.15, 0.2) is 29.7 Å². The van der Waals surface area contributed by atoms with Gasteiger partial charge in [-0.3, -0.25) is 4.79 Å². The summed E-state index contributed by atoms with van der Waals surface area (Å²) in [4.78, 5) is 12.2. The topological polar surface area (TPSA) is 59.8 Å². The van der Waals surface area contributed by atoms with E-state index in [0.29, 0.717) is 5.16 Å². The first-order chi connectivity index (χ1) is 11.5. The van der Waals surface area contributed by atoms with E-state index in [2.05, 4.69) is 22.4 Å². The zero-order valence-corrected chi connectivity index (χ0v) is 14.4. The lowest BCUT2D eigenvalue weighted by atomic mass is 10.2. The lowest BCUT2D eigenvalue weighted by Gasteiger charge is -2.12. The quantitative estimate of drug-likeness (QED) is 0.577. The predicted octanol–water partition coefficient (Wildman–Crippen LogP) is 3.87. The Balaban J connectivity index is 1.94. The van der Waals surface area contributed by atoms with Gasteiger partial charge in [0.15, 0.2) is 16.8 Å². The highest BCUT2D eigenvalue weighted by molar-refractivity contribution is 8.00. The van der Waals surface area contributed by atoms with E-state index in [-0.39, 0.29) is 11.6 Å². The number of anilines is 1. The van der Waals surface area contributed by atoms with Crippen molar-refractivity contribution in [2.45, 2.75) is 50.1 Å². The van der Waals surface area contributed by atoms with Gasteiger partial charge in [-0.05, 0) is 25.5 Å². The minimum Gasteiger partial charge on any atom is -0.325 e. The van der Waals surface area contributed by atoms with Crippen LogP contribution in [0.5, 0.6) is 0 Å². The van der Waals surface area contributed by atoms with Crippen LogP contribution in [0.2, 0.25) is 0 Å². The summed E-state index contributed by atoms with van der Waals surface area (Å²) < 4.78 is 28.0. The molecule has 0 saturated carbocycles. The Morgan fingerprint density at radius 3 is 2.83 bits per heavy atom. The molecule has 24 heavy (non-hydrogen) atoms. The molecule has 1 amide bonds. The smallest absolute Gasteiger partial charge is 0.237 e. The number of amides is 1. The van der Waals surface area contributed by atoms with Gasteiger partial charge in [0, 0.05) is 18.3 Å². The Morgan fingerprint density at radius 2 is 2.12 bits per heavy atom. The minimum absolute atomic E-state index is 0.218. The van der Waals surface area contributed by atoms with Gasteiger partial charge in [-0.1, -0.05) is 31.5 Å². The first kappa shape index (κ1) is 18.4. The van der Waals surface area contributed by atoms with Crippen molar-refractivity contribution < 1.29 is 13.6 Å². The molecule has 1 atom stereocenters. The molecule has 0 unspecified atom stereocenters. The third-order valence-corrected chi connectivity index (χ3v) is 4.52. The van der Waals surface area contributed by atoms with Crippen molar-refractivity contribution in [3.63, 3.8) is 0 Å². The van der Waals surface area contributed by atoms with Crippen LogP contribution in [0.3, 0.4) is 0 Å². The summed E-state index contributed by atoms with van der Waals surface area (Å²) in [6, 6.07) is 3.26. The van der Waals surface area contributed by atoms with Gasteiger partial charge >= 0.3 is 0 Å². The number of nitrogens with zero attached hydrogens (tertiary/aromatic N) is 3. The molecule has 1 aromatic carbocycles. The summed E-state index contributed by atoms with van der Waals surface area (Å²) >= 11 is 1.28. The van der Waals surface area contributed by atoms with Crippen LogP contribution in [-0.2, 0) is 11.3 Å². The number of rotatable bonds is 8. The van der Waals surface area contributed by atoms with Gasteiger partial charge in [-0.25, -0.2) is 8.78 Å². The molecule has 0 aliphatic carbocycles. The summed E-state index contributed by atoms with van der Waals surface area (Å²) in [5.41, 5.74) is 0.218. The molecule has 0 radical (unpaired) electrons. The van der Waals surface area contributed by atoms with E-state index >= 15 is 0 Å². The van der Waals surface area contributed by atoms with E-state index in [1.54, 1.807) is 13.3 Å². The fourth-order valence-electron chi connectivity index (χ4n) is 2.05. The monoisotopic (exact) mass is 354 g/mol. The van der Waals surface area contributed by atoms with E-state index in [1.165, 1.54) is 17.8 Å². The number of benzene rings is 1. The number of hydrogen-bond acceptors (Lipinski definition) is 4. The van der Waals surface area contributed by atoms with E-state index in [1.807, 2.05) is 4.57 Å². The predicted molar refractivity (Wildman–Crippen MR) is 89.9 cm³/mol.